The number of hydrogen-bond acceptors (Lipinski definition) is 5. The quantitative estimate of drug-likeness (QED) is 0.473. The molecule has 0 atom stereocenters. The molecule has 25 heavy (non-hydrogen) atoms. The molecule has 0 aliphatic rings. The first-order valence-electron chi connectivity index (χ1n) is 8.17. The van der Waals surface area contributed by atoms with Gasteiger partial charge >= 0.3 is 0 Å². The van der Waals surface area contributed by atoms with Crippen LogP contribution in [0.3, 0.4) is 0 Å². The number of aryl methyl sites for hydroxylation is 1. The largest absolute Gasteiger partial charge is 0.307 e. The van der Waals surface area contributed by atoms with E-state index < -0.39 is 0 Å². The van der Waals surface area contributed by atoms with Gasteiger partial charge < -0.3 is 4.40 Å². The molecule has 4 aromatic heterocycles. The summed E-state index contributed by atoms with van der Waals surface area (Å²) >= 11 is 3.42. The maximum Gasteiger partial charge on any atom is 0.192 e. The summed E-state index contributed by atoms with van der Waals surface area (Å²) in [5, 5.41) is 12.0. The van der Waals surface area contributed by atoms with E-state index in [2.05, 4.69) is 58.2 Å². The molecule has 0 N–H and O–H groups in total. The molecule has 4 rings (SSSR count). The van der Waals surface area contributed by atoms with Gasteiger partial charge in [0.25, 0.3) is 0 Å². The first-order chi connectivity index (χ1) is 12.1. The standard InChI is InChI=1S/C18H19N5S2/c1-12(2)23-17(14-8-13(3)24-10-14)20-21-18(23)25-11-15-9-22-7-5-4-6-16(22)19-15/h4-10,12H,11H2,1-3H3. The number of nitrogens with zero attached hydrogens (tertiary/aromatic N) is 5. The highest BCUT2D eigenvalue weighted by Crippen LogP contribution is 2.31. The Balaban J connectivity index is 1.60. The van der Waals surface area contributed by atoms with Crippen molar-refractivity contribution in [1.82, 2.24) is 24.1 Å². The van der Waals surface area contributed by atoms with Gasteiger partial charge in [-0.1, -0.05) is 17.8 Å². The SMILES string of the molecule is Cc1cc(-c2nnc(SCc3cn4ccccc4n3)n2C(C)C)cs1. The molecule has 0 amide bonds. The van der Waals surface area contributed by atoms with Crippen molar-refractivity contribution < 1.29 is 0 Å². The van der Waals surface area contributed by atoms with Crippen LogP contribution < -0.4 is 0 Å². The Morgan fingerprint density at radius 1 is 1.24 bits per heavy atom. The van der Waals surface area contributed by atoms with Crippen LogP contribution in [0.2, 0.25) is 0 Å². The number of aromatic nitrogens is 5. The predicted octanol–water partition coefficient (Wildman–Crippen LogP) is 4.84. The Hall–Kier alpha value is -2.12. The van der Waals surface area contributed by atoms with Gasteiger partial charge in [0, 0.05) is 40.0 Å². The Kier molecular flexibility index (Phi) is 4.35. The van der Waals surface area contributed by atoms with Gasteiger partial charge in [0.2, 0.25) is 0 Å². The first kappa shape index (κ1) is 16.4. The minimum absolute atomic E-state index is 0.300. The lowest BCUT2D eigenvalue weighted by Gasteiger charge is -2.12. The summed E-state index contributed by atoms with van der Waals surface area (Å²) in [6.45, 7) is 6.45. The molecule has 0 bridgehead atoms. The van der Waals surface area contributed by atoms with Crippen LogP contribution in [-0.2, 0) is 5.75 Å². The number of pyridine rings is 1. The summed E-state index contributed by atoms with van der Waals surface area (Å²) in [4.78, 5) is 5.94. The third-order valence-corrected chi connectivity index (χ3v) is 5.77. The molecule has 5 nitrogen and oxygen atoms in total. The normalized spacial score (nSPS) is 11.7. The van der Waals surface area contributed by atoms with Crippen LogP contribution in [0, 0.1) is 6.92 Å². The molecule has 0 fully saturated rings. The summed E-state index contributed by atoms with van der Waals surface area (Å²) in [7, 11) is 0. The van der Waals surface area contributed by atoms with Gasteiger partial charge in [-0.3, -0.25) is 4.57 Å². The van der Waals surface area contributed by atoms with Crippen LogP contribution in [0.5, 0.6) is 0 Å². The lowest BCUT2D eigenvalue weighted by molar-refractivity contribution is 0.555. The average Bonchev–Trinajstić information content (AvgIpc) is 3.29. The Morgan fingerprint density at radius 3 is 2.84 bits per heavy atom. The number of rotatable bonds is 5. The van der Waals surface area contributed by atoms with E-state index in [4.69, 9.17) is 0 Å². The minimum atomic E-state index is 0.300. The van der Waals surface area contributed by atoms with Crippen LogP contribution in [0.4, 0.5) is 0 Å². The highest BCUT2D eigenvalue weighted by Gasteiger charge is 2.18. The average molecular weight is 370 g/mol. The second kappa shape index (κ2) is 6.65. The summed E-state index contributed by atoms with van der Waals surface area (Å²) in [6, 6.07) is 8.50. The molecule has 0 aliphatic heterocycles. The molecule has 0 unspecified atom stereocenters. The summed E-state index contributed by atoms with van der Waals surface area (Å²) < 4.78 is 4.25. The van der Waals surface area contributed by atoms with E-state index in [1.54, 1.807) is 23.1 Å². The second-order valence-corrected chi connectivity index (χ2v) is 8.26. The van der Waals surface area contributed by atoms with Crippen molar-refractivity contribution in [2.45, 2.75) is 37.7 Å². The van der Waals surface area contributed by atoms with E-state index in [0.29, 0.717) is 6.04 Å². The fraction of sp³-hybridized carbons (Fsp3) is 0.278. The van der Waals surface area contributed by atoms with E-state index in [-0.39, 0.29) is 0 Å². The van der Waals surface area contributed by atoms with Crippen molar-refractivity contribution in [3.05, 3.63) is 52.6 Å². The van der Waals surface area contributed by atoms with Crippen LogP contribution in [0.25, 0.3) is 17.0 Å². The topological polar surface area (TPSA) is 48.0 Å². The van der Waals surface area contributed by atoms with Gasteiger partial charge in [0.05, 0.1) is 5.69 Å². The maximum atomic E-state index is 4.66. The number of hydrogen-bond donors (Lipinski definition) is 0. The Labute approximate surface area is 154 Å². The van der Waals surface area contributed by atoms with Crippen LogP contribution in [0.15, 0.2) is 47.2 Å². The van der Waals surface area contributed by atoms with Crippen molar-refractivity contribution in [2.75, 3.05) is 0 Å². The lowest BCUT2D eigenvalue weighted by Crippen LogP contribution is -2.04. The lowest BCUT2D eigenvalue weighted by atomic mass is 10.3. The molecule has 7 heteroatoms. The van der Waals surface area contributed by atoms with Crippen molar-refractivity contribution in [1.29, 1.82) is 0 Å². The second-order valence-electron chi connectivity index (χ2n) is 6.20. The van der Waals surface area contributed by atoms with Crippen LogP contribution >= 0.6 is 23.1 Å². The zero-order chi connectivity index (χ0) is 17.4. The predicted molar refractivity (Wildman–Crippen MR) is 103 cm³/mol. The Morgan fingerprint density at radius 2 is 2.12 bits per heavy atom. The molecule has 128 valence electrons. The molecule has 0 radical (unpaired) electrons. The van der Waals surface area contributed by atoms with Gasteiger partial charge in [-0.05, 0) is 39.0 Å². The summed E-state index contributed by atoms with van der Waals surface area (Å²) in [5.74, 6) is 1.71. The molecule has 0 spiro atoms. The van der Waals surface area contributed by atoms with E-state index >= 15 is 0 Å². The van der Waals surface area contributed by atoms with Crippen molar-refractivity contribution in [3.8, 4) is 11.4 Å². The molecule has 4 aromatic rings. The van der Waals surface area contributed by atoms with E-state index in [1.807, 2.05) is 28.8 Å². The molecule has 0 aliphatic carbocycles. The van der Waals surface area contributed by atoms with E-state index in [9.17, 15) is 0 Å². The van der Waals surface area contributed by atoms with Crippen molar-refractivity contribution in [3.63, 3.8) is 0 Å². The van der Waals surface area contributed by atoms with Crippen LogP contribution in [0.1, 0.15) is 30.5 Å². The molecular weight excluding hydrogens is 350 g/mol. The highest BCUT2D eigenvalue weighted by molar-refractivity contribution is 7.98. The third-order valence-electron chi connectivity index (χ3n) is 3.93. The minimum Gasteiger partial charge on any atom is -0.307 e. The van der Waals surface area contributed by atoms with Crippen molar-refractivity contribution >= 4 is 28.7 Å². The molecular formula is C18H19N5S2. The number of fused-ring (bicyclic) bond motifs is 1. The Bertz CT molecular complexity index is 979. The summed E-state index contributed by atoms with van der Waals surface area (Å²) in [5.41, 5.74) is 3.16. The van der Waals surface area contributed by atoms with Gasteiger partial charge in [-0.2, -0.15) is 0 Å². The zero-order valence-corrected chi connectivity index (χ0v) is 16.0. The first-order valence-corrected chi connectivity index (χ1v) is 10.0. The van der Waals surface area contributed by atoms with Gasteiger partial charge in [0.1, 0.15) is 5.65 Å². The van der Waals surface area contributed by atoms with E-state index in [1.165, 1.54) is 4.88 Å². The van der Waals surface area contributed by atoms with Gasteiger partial charge in [0.15, 0.2) is 11.0 Å². The van der Waals surface area contributed by atoms with Gasteiger partial charge in [-0.15, -0.1) is 21.5 Å². The fourth-order valence-corrected chi connectivity index (χ4v) is 4.43. The fourth-order valence-electron chi connectivity index (χ4n) is 2.79. The maximum absolute atomic E-state index is 4.66. The number of thiophene rings is 1. The number of imidazole rings is 1. The zero-order valence-electron chi connectivity index (χ0n) is 14.4. The number of thioether (sulfide) groups is 1. The van der Waals surface area contributed by atoms with Crippen LogP contribution in [-0.4, -0.2) is 24.1 Å². The van der Waals surface area contributed by atoms with Crippen molar-refractivity contribution in [2.24, 2.45) is 0 Å². The monoisotopic (exact) mass is 369 g/mol. The van der Waals surface area contributed by atoms with E-state index in [0.717, 1.165) is 33.6 Å². The molecule has 0 aromatic carbocycles. The molecule has 4 heterocycles. The summed E-state index contributed by atoms with van der Waals surface area (Å²) in [6.07, 6.45) is 4.09. The smallest absolute Gasteiger partial charge is 0.192 e. The molecule has 0 saturated carbocycles. The third kappa shape index (κ3) is 3.21. The van der Waals surface area contributed by atoms with Gasteiger partial charge in [-0.25, -0.2) is 4.98 Å². The molecule has 0 saturated heterocycles. The highest BCUT2D eigenvalue weighted by atomic mass is 32.2.